The van der Waals surface area contributed by atoms with Gasteiger partial charge in [-0.3, -0.25) is 0 Å². The number of hydrogen-bond acceptors (Lipinski definition) is 4. The fraction of sp³-hybridized carbons (Fsp3) is 0.231. The number of carboxylic acid groups (broad SMARTS) is 2. The molecule has 0 aliphatic rings. The first-order valence-corrected chi connectivity index (χ1v) is 10.3. The Bertz CT molecular complexity index is 1020. The second kappa shape index (κ2) is 9.56. The zero-order chi connectivity index (χ0) is 23.4. The van der Waals surface area contributed by atoms with Crippen molar-refractivity contribution < 1.29 is 29.3 Å². The van der Waals surface area contributed by atoms with Gasteiger partial charge in [-0.15, -0.1) is 0 Å². The van der Waals surface area contributed by atoms with E-state index >= 15 is 0 Å². The molecule has 0 atom stereocenters. The van der Waals surface area contributed by atoms with Crippen LogP contribution in [0, 0.1) is 0 Å². The van der Waals surface area contributed by atoms with E-state index in [0.29, 0.717) is 11.5 Å². The van der Waals surface area contributed by atoms with Crippen molar-refractivity contribution in [2.45, 2.75) is 39.9 Å². The van der Waals surface area contributed by atoms with Crippen molar-refractivity contribution in [1.82, 2.24) is 0 Å². The summed E-state index contributed by atoms with van der Waals surface area (Å²) in [6, 6.07) is 17.0. The van der Waals surface area contributed by atoms with Crippen LogP contribution in [0.25, 0.3) is 22.3 Å². The van der Waals surface area contributed by atoms with Gasteiger partial charge >= 0.3 is 11.9 Å². The first kappa shape index (κ1) is 22.9. The van der Waals surface area contributed by atoms with Crippen LogP contribution >= 0.6 is 0 Å². The summed E-state index contributed by atoms with van der Waals surface area (Å²) < 4.78 is 12.2. The van der Waals surface area contributed by atoms with Crippen LogP contribution in [0.4, 0.5) is 0 Å². The second-order valence-electron chi connectivity index (χ2n) is 7.94. The topological polar surface area (TPSA) is 93.1 Å². The molecule has 6 nitrogen and oxygen atoms in total. The summed E-state index contributed by atoms with van der Waals surface area (Å²) in [4.78, 5) is 22.4. The first-order valence-electron chi connectivity index (χ1n) is 10.3. The molecular formula is C26H26O6. The highest BCUT2D eigenvalue weighted by molar-refractivity contribution is 5.90. The molecule has 0 unspecified atom stereocenters. The molecule has 0 radical (unpaired) electrons. The summed E-state index contributed by atoms with van der Waals surface area (Å²) in [5, 5.41) is 18.4. The maximum Gasteiger partial charge on any atom is 0.335 e. The molecule has 0 aliphatic heterocycles. The lowest BCUT2D eigenvalue weighted by molar-refractivity contribution is 0.0686. The smallest absolute Gasteiger partial charge is 0.335 e. The van der Waals surface area contributed by atoms with Gasteiger partial charge in [0, 0.05) is 11.1 Å². The third-order valence-electron chi connectivity index (χ3n) is 4.69. The molecule has 0 bridgehead atoms. The second-order valence-corrected chi connectivity index (χ2v) is 7.94. The Morgan fingerprint density at radius 2 is 0.938 bits per heavy atom. The lowest BCUT2D eigenvalue weighted by atomic mass is 9.96. The van der Waals surface area contributed by atoms with E-state index in [-0.39, 0.29) is 23.3 Å². The van der Waals surface area contributed by atoms with Crippen molar-refractivity contribution in [3.8, 4) is 33.8 Å². The van der Waals surface area contributed by atoms with Crippen molar-refractivity contribution in [3.05, 3.63) is 71.8 Å². The summed E-state index contributed by atoms with van der Waals surface area (Å²) >= 11 is 0. The van der Waals surface area contributed by atoms with Gasteiger partial charge in [0.1, 0.15) is 11.5 Å². The van der Waals surface area contributed by atoms with E-state index in [2.05, 4.69) is 0 Å². The summed E-state index contributed by atoms with van der Waals surface area (Å²) in [5.74, 6) is -0.730. The van der Waals surface area contributed by atoms with E-state index in [0.717, 1.165) is 22.3 Å². The highest BCUT2D eigenvalue weighted by atomic mass is 16.5. The molecule has 166 valence electrons. The SMILES string of the molecule is CC(C)Oc1cc(-c2ccc(C(=O)O)cc2)c(OC(C)C)cc1-c1ccc(C(=O)O)cc1. The van der Waals surface area contributed by atoms with Crippen LogP contribution in [0.2, 0.25) is 0 Å². The largest absolute Gasteiger partial charge is 0.490 e. The predicted octanol–water partition coefficient (Wildman–Crippen LogP) is 5.99. The molecule has 0 aromatic heterocycles. The summed E-state index contributed by atoms with van der Waals surface area (Å²) in [5.41, 5.74) is 3.55. The Morgan fingerprint density at radius 3 is 1.19 bits per heavy atom. The first-order chi connectivity index (χ1) is 15.2. The summed E-state index contributed by atoms with van der Waals surface area (Å²) in [7, 11) is 0. The molecule has 0 aliphatic carbocycles. The minimum atomic E-state index is -0.987. The Kier molecular flexibility index (Phi) is 6.83. The van der Waals surface area contributed by atoms with Crippen LogP contribution < -0.4 is 9.47 Å². The lowest BCUT2D eigenvalue weighted by Gasteiger charge is -2.21. The van der Waals surface area contributed by atoms with Gasteiger partial charge in [0.2, 0.25) is 0 Å². The number of hydrogen-bond donors (Lipinski definition) is 2. The third kappa shape index (κ3) is 5.27. The molecule has 3 aromatic rings. The molecule has 32 heavy (non-hydrogen) atoms. The maximum absolute atomic E-state index is 11.2. The van der Waals surface area contributed by atoms with Gasteiger partial charge in [-0.1, -0.05) is 24.3 Å². The molecule has 2 N–H and O–H groups in total. The molecule has 0 spiro atoms. The van der Waals surface area contributed by atoms with Crippen molar-refractivity contribution in [2.75, 3.05) is 0 Å². The molecule has 0 saturated carbocycles. The Hall–Kier alpha value is -3.80. The van der Waals surface area contributed by atoms with Gasteiger partial charge in [0.15, 0.2) is 0 Å². The molecule has 0 heterocycles. The number of rotatable bonds is 8. The quantitative estimate of drug-likeness (QED) is 0.452. The molecule has 0 saturated heterocycles. The van der Waals surface area contributed by atoms with Crippen LogP contribution in [0.15, 0.2) is 60.7 Å². The molecule has 0 amide bonds. The number of ether oxygens (including phenoxy) is 2. The van der Waals surface area contributed by atoms with Crippen molar-refractivity contribution in [3.63, 3.8) is 0 Å². The van der Waals surface area contributed by atoms with Crippen molar-refractivity contribution in [1.29, 1.82) is 0 Å². The number of carboxylic acids is 2. The fourth-order valence-corrected chi connectivity index (χ4v) is 3.30. The van der Waals surface area contributed by atoms with Crippen LogP contribution in [0.3, 0.4) is 0 Å². The zero-order valence-electron chi connectivity index (χ0n) is 18.5. The number of benzene rings is 3. The highest BCUT2D eigenvalue weighted by Gasteiger charge is 2.18. The van der Waals surface area contributed by atoms with E-state index in [9.17, 15) is 19.8 Å². The Balaban J connectivity index is 2.18. The number of aromatic carboxylic acids is 2. The van der Waals surface area contributed by atoms with Crippen molar-refractivity contribution >= 4 is 11.9 Å². The minimum absolute atomic E-state index is 0.0915. The molecule has 3 rings (SSSR count). The minimum Gasteiger partial charge on any atom is -0.490 e. The summed E-state index contributed by atoms with van der Waals surface area (Å²) in [6.45, 7) is 7.71. The lowest BCUT2D eigenvalue weighted by Crippen LogP contribution is -2.09. The van der Waals surface area contributed by atoms with Gasteiger partial charge in [0.25, 0.3) is 0 Å². The third-order valence-corrected chi connectivity index (χ3v) is 4.69. The Labute approximate surface area is 187 Å². The Morgan fingerprint density at radius 1 is 0.625 bits per heavy atom. The average Bonchev–Trinajstić information content (AvgIpc) is 2.74. The van der Waals surface area contributed by atoms with Crippen LogP contribution in [-0.2, 0) is 0 Å². The molecule has 3 aromatic carbocycles. The normalized spacial score (nSPS) is 10.9. The predicted molar refractivity (Wildman–Crippen MR) is 123 cm³/mol. The van der Waals surface area contributed by atoms with Crippen LogP contribution in [0.5, 0.6) is 11.5 Å². The van der Waals surface area contributed by atoms with Gasteiger partial charge in [-0.25, -0.2) is 9.59 Å². The van der Waals surface area contributed by atoms with Gasteiger partial charge in [-0.2, -0.15) is 0 Å². The van der Waals surface area contributed by atoms with E-state index in [4.69, 9.17) is 9.47 Å². The summed E-state index contributed by atoms with van der Waals surface area (Å²) in [6.07, 6.45) is -0.183. The zero-order valence-corrected chi connectivity index (χ0v) is 18.5. The molecule has 0 fully saturated rings. The van der Waals surface area contributed by atoms with E-state index in [1.165, 1.54) is 0 Å². The average molecular weight is 434 g/mol. The maximum atomic E-state index is 11.2. The standard InChI is InChI=1S/C26H26O6/c1-15(2)31-23-13-22(18-7-11-20(12-8-18)26(29)30)24(32-16(3)4)14-21(23)17-5-9-19(10-6-17)25(27)28/h5-16H,1-4H3,(H,27,28)(H,29,30). The van der Waals surface area contributed by atoms with Gasteiger partial charge in [-0.05, 0) is 75.2 Å². The van der Waals surface area contributed by atoms with Gasteiger partial charge < -0.3 is 19.7 Å². The van der Waals surface area contributed by atoms with Gasteiger partial charge in [0.05, 0.1) is 23.3 Å². The van der Waals surface area contributed by atoms with E-state index in [1.54, 1.807) is 48.5 Å². The highest BCUT2D eigenvalue weighted by Crippen LogP contribution is 2.42. The molecular weight excluding hydrogens is 408 g/mol. The number of carbonyl (C=O) groups is 2. The van der Waals surface area contributed by atoms with Crippen LogP contribution in [0.1, 0.15) is 48.4 Å². The monoisotopic (exact) mass is 434 g/mol. The van der Waals surface area contributed by atoms with Crippen molar-refractivity contribution in [2.24, 2.45) is 0 Å². The molecule has 6 heteroatoms. The van der Waals surface area contributed by atoms with E-state index < -0.39 is 11.9 Å². The van der Waals surface area contributed by atoms with E-state index in [1.807, 2.05) is 39.8 Å². The van der Waals surface area contributed by atoms with Crippen LogP contribution in [-0.4, -0.2) is 34.4 Å². The fourth-order valence-electron chi connectivity index (χ4n) is 3.30.